The molecule has 0 spiro atoms. The number of hydrogen-bond acceptors (Lipinski definition) is 8. The van der Waals surface area contributed by atoms with E-state index >= 15 is 0 Å². The van der Waals surface area contributed by atoms with Gasteiger partial charge in [0.2, 0.25) is 23.6 Å². The molecule has 280 valence electrons. The van der Waals surface area contributed by atoms with Gasteiger partial charge >= 0.3 is 0 Å². The van der Waals surface area contributed by atoms with E-state index in [0.29, 0.717) is 13.0 Å². The van der Waals surface area contributed by atoms with Crippen molar-refractivity contribution < 1.29 is 33.8 Å². The van der Waals surface area contributed by atoms with Crippen molar-refractivity contribution in [2.24, 2.45) is 23.5 Å². The van der Waals surface area contributed by atoms with Crippen molar-refractivity contribution in [3.8, 4) is 0 Å². The number of hydrogen-bond donors (Lipinski definition) is 4. The van der Waals surface area contributed by atoms with Crippen LogP contribution >= 0.6 is 12.4 Å². The summed E-state index contributed by atoms with van der Waals surface area (Å²) in [5, 5.41) is 15.1. The summed E-state index contributed by atoms with van der Waals surface area (Å²) >= 11 is 0. The first kappa shape index (κ1) is 44.3. The number of aliphatic hydroxyl groups is 1. The maximum absolute atomic E-state index is 14.0. The monoisotopic (exact) mass is 711 g/mol. The molecule has 0 bridgehead atoms. The molecule has 1 aliphatic heterocycles. The Morgan fingerprint density at radius 2 is 1.65 bits per heavy atom. The number of nitrogens with one attached hydrogen (secondary N) is 2. The molecule has 0 aliphatic carbocycles. The summed E-state index contributed by atoms with van der Waals surface area (Å²) in [6.07, 6.45) is 1.30. The molecule has 9 atom stereocenters. The molecule has 0 saturated carbocycles. The summed E-state index contributed by atoms with van der Waals surface area (Å²) in [5.74, 6) is -1.78. The molecule has 4 amide bonds. The van der Waals surface area contributed by atoms with Crippen LogP contribution in [0.25, 0.3) is 0 Å². The third kappa shape index (κ3) is 12.2. The van der Waals surface area contributed by atoms with Crippen LogP contribution in [0.3, 0.4) is 0 Å². The lowest BCUT2D eigenvalue weighted by atomic mass is 9.89. The smallest absolute Gasteiger partial charge is 0.243 e. The number of nitrogens with zero attached hydrogens (tertiary/aromatic N) is 2. The second-order valence-electron chi connectivity index (χ2n) is 13.7. The van der Waals surface area contributed by atoms with E-state index in [-0.39, 0.29) is 73.5 Å². The van der Waals surface area contributed by atoms with Crippen molar-refractivity contribution in [2.45, 2.75) is 116 Å². The summed E-state index contributed by atoms with van der Waals surface area (Å²) in [6.45, 7) is 11.6. The summed E-state index contributed by atoms with van der Waals surface area (Å²) in [7, 11) is 4.82. The van der Waals surface area contributed by atoms with Crippen LogP contribution in [-0.4, -0.2) is 115 Å². The van der Waals surface area contributed by atoms with Gasteiger partial charge < -0.3 is 40.7 Å². The van der Waals surface area contributed by atoms with Crippen molar-refractivity contribution in [3.63, 3.8) is 0 Å². The molecule has 0 unspecified atom stereocenters. The van der Waals surface area contributed by atoms with Crippen LogP contribution in [-0.2, 0) is 35.1 Å². The molecule has 1 saturated heterocycles. The number of halogens is 1. The maximum atomic E-state index is 14.0. The van der Waals surface area contributed by atoms with Crippen molar-refractivity contribution in [3.05, 3.63) is 35.9 Å². The molecule has 0 aromatic heterocycles. The van der Waals surface area contributed by atoms with Crippen LogP contribution in [0.2, 0.25) is 0 Å². The van der Waals surface area contributed by atoms with E-state index in [0.717, 1.165) is 18.4 Å². The van der Waals surface area contributed by atoms with E-state index in [2.05, 4.69) is 10.6 Å². The van der Waals surface area contributed by atoms with Crippen molar-refractivity contribution in [2.75, 3.05) is 34.4 Å². The third-order valence-corrected chi connectivity index (χ3v) is 9.84. The summed E-state index contributed by atoms with van der Waals surface area (Å²) in [6, 6.07) is 6.64. The average molecular weight is 712 g/mol. The van der Waals surface area contributed by atoms with Crippen molar-refractivity contribution >= 4 is 36.0 Å². The Labute approximate surface area is 299 Å². The molecule has 1 aromatic rings. The molecule has 49 heavy (non-hydrogen) atoms. The van der Waals surface area contributed by atoms with Gasteiger partial charge in [0.1, 0.15) is 6.04 Å². The SMILES string of the molecule is CC[C@H](C)[C@@H]([C@@H](CC(=O)N1CCC[C@H]1[C@H](OC)[C@@H](C)C(=O)N[C@@H](Cc1ccccc1)C(=O)N[C@@H](C)CO)OC)N(C)C(=O)[C@@H](N)C(C)C.Cl. The predicted octanol–water partition coefficient (Wildman–Crippen LogP) is 2.54. The van der Waals surface area contributed by atoms with Crippen LogP contribution < -0.4 is 16.4 Å². The number of likely N-dealkylation sites (tertiary alicyclic amines) is 1. The number of benzene rings is 1. The number of nitrogens with two attached hydrogens (primary N) is 1. The molecule has 1 heterocycles. The number of methoxy groups -OCH3 is 2. The van der Waals surface area contributed by atoms with E-state index in [9.17, 15) is 24.3 Å². The molecule has 1 fully saturated rings. The Bertz CT molecular complexity index is 1180. The molecule has 5 N–H and O–H groups in total. The molecule has 2 rings (SSSR count). The Morgan fingerprint density at radius 3 is 2.18 bits per heavy atom. The van der Waals surface area contributed by atoms with Crippen LogP contribution in [0.15, 0.2) is 30.3 Å². The number of rotatable bonds is 19. The number of ether oxygens (including phenoxy) is 2. The first-order valence-corrected chi connectivity index (χ1v) is 17.3. The van der Waals surface area contributed by atoms with Gasteiger partial charge in [0.25, 0.3) is 0 Å². The van der Waals surface area contributed by atoms with Crippen LogP contribution in [0.4, 0.5) is 0 Å². The fraction of sp³-hybridized carbons (Fsp3) is 0.722. The van der Waals surface area contributed by atoms with E-state index in [1.54, 1.807) is 37.8 Å². The normalized spacial score (nSPS) is 19.4. The number of likely N-dealkylation sites (N-methyl/N-ethyl adjacent to an activating group) is 1. The molecule has 1 aliphatic rings. The van der Waals surface area contributed by atoms with Crippen molar-refractivity contribution in [1.82, 2.24) is 20.4 Å². The second-order valence-corrected chi connectivity index (χ2v) is 13.7. The first-order valence-electron chi connectivity index (χ1n) is 17.3. The predicted molar refractivity (Wildman–Crippen MR) is 193 cm³/mol. The highest BCUT2D eigenvalue weighted by Crippen LogP contribution is 2.29. The summed E-state index contributed by atoms with van der Waals surface area (Å²) in [5.41, 5.74) is 7.10. The van der Waals surface area contributed by atoms with Crippen molar-refractivity contribution in [1.29, 1.82) is 0 Å². The Balaban J connectivity index is 0.0000120. The van der Waals surface area contributed by atoms with Gasteiger partial charge in [-0.25, -0.2) is 0 Å². The lowest BCUT2D eigenvalue weighted by Crippen LogP contribution is -2.56. The van der Waals surface area contributed by atoms with Gasteiger partial charge in [-0.3, -0.25) is 19.2 Å². The minimum atomic E-state index is -0.876. The molecule has 1 aromatic carbocycles. The lowest BCUT2D eigenvalue weighted by Gasteiger charge is -2.40. The molecule has 12 nitrogen and oxygen atoms in total. The second kappa shape index (κ2) is 21.4. The largest absolute Gasteiger partial charge is 0.394 e. The molecule has 13 heteroatoms. The third-order valence-electron chi connectivity index (χ3n) is 9.84. The minimum absolute atomic E-state index is 0. The highest BCUT2D eigenvalue weighted by atomic mass is 35.5. The fourth-order valence-electron chi connectivity index (χ4n) is 6.58. The standard InChI is InChI=1S/C36H61N5O7.ClH/c1-10-23(4)32(40(7)36(46)31(37)22(2)3)29(47-8)20-30(43)41-18-14-17-28(41)33(48-9)25(6)34(44)39-27(35(45)38-24(5)21-42)19-26-15-12-11-13-16-26;/h11-13,15-16,22-25,27-29,31-33,42H,10,14,17-21,37H2,1-9H3,(H,38,45)(H,39,44);1H/t23-,24-,25+,27-,28-,29+,31-,32-,33+;/m0./s1. The fourth-order valence-corrected chi connectivity index (χ4v) is 6.58. The summed E-state index contributed by atoms with van der Waals surface area (Å²) in [4.78, 5) is 57.5. The van der Waals surface area contributed by atoms with Gasteiger partial charge in [-0.2, -0.15) is 0 Å². The minimum Gasteiger partial charge on any atom is -0.394 e. The van der Waals surface area contributed by atoms with E-state index in [1.165, 1.54) is 7.11 Å². The molecular formula is C36H62ClN5O7. The Morgan fingerprint density at radius 1 is 1.02 bits per heavy atom. The Hall–Kier alpha value is -2.77. The van der Waals surface area contributed by atoms with Gasteiger partial charge in [-0.1, -0.05) is 71.4 Å². The number of carbonyl (C=O) groups is 4. The quantitative estimate of drug-likeness (QED) is 0.170. The highest BCUT2D eigenvalue weighted by molar-refractivity contribution is 5.89. The van der Waals surface area contributed by atoms with Gasteiger partial charge in [0, 0.05) is 40.3 Å². The average Bonchev–Trinajstić information content (AvgIpc) is 3.56. The zero-order valence-corrected chi connectivity index (χ0v) is 31.7. The van der Waals surface area contributed by atoms with E-state index in [4.69, 9.17) is 15.2 Å². The summed E-state index contributed by atoms with van der Waals surface area (Å²) < 4.78 is 11.8. The Kier molecular flexibility index (Phi) is 19.4. The lowest BCUT2D eigenvalue weighted by molar-refractivity contribution is -0.146. The van der Waals surface area contributed by atoms with Gasteiger partial charge in [-0.15, -0.1) is 12.4 Å². The van der Waals surface area contributed by atoms with Gasteiger partial charge in [-0.05, 0) is 37.2 Å². The molecule has 0 radical (unpaired) electrons. The first-order chi connectivity index (χ1) is 22.7. The number of carbonyl (C=O) groups excluding carboxylic acids is 4. The number of aliphatic hydroxyl groups excluding tert-OH is 1. The van der Waals surface area contributed by atoms with Crippen LogP contribution in [0.5, 0.6) is 0 Å². The van der Waals surface area contributed by atoms with Crippen LogP contribution in [0.1, 0.15) is 72.8 Å². The van der Waals surface area contributed by atoms with E-state index in [1.807, 2.05) is 58.0 Å². The maximum Gasteiger partial charge on any atom is 0.243 e. The number of amides is 4. The van der Waals surface area contributed by atoms with E-state index < -0.39 is 42.2 Å². The molecular weight excluding hydrogens is 650 g/mol. The van der Waals surface area contributed by atoms with Gasteiger partial charge in [0.15, 0.2) is 0 Å². The van der Waals surface area contributed by atoms with Crippen LogP contribution in [0, 0.1) is 17.8 Å². The van der Waals surface area contributed by atoms with Gasteiger partial charge in [0.05, 0.1) is 49.3 Å². The zero-order valence-electron chi connectivity index (χ0n) is 30.9. The highest BCUT2D eigenvalue weighted by Gasteiger charge is 2.42. The zero-order chi connectivity index (χ0) is 36.1. The topological polar surface area (TPSA) is 164 Å².